The number of pyridine rings is 1. The number of hydrogen-bond donors (Lipinski definition) is 1. The molecule has 8 heteroatoms. The molecular weight excluding hydrogens is 390 g/mol. The number of piperidine rings is 1. The molecule has 160 valence electrons. The Morgan fingerprint density at radius 1 is 1.06 bits per heavy atom. The summed E-state index contributed by atoms with van der Waals surface area (Å²) in [5.74, 6) is 1.45. The smallest absolute Gasteiger partial charge is 0.222 e. The molecule has 0 radical (unpaired) electrons. The molecule has 0 amide bonds. The molecule has 1 saturated heterocycles. The van der Waals surface area contributed by atoms with Crippen molar-refractivity contribution in [2.24, 2.45) is 0 Å². The van der Waals surface area contributed by atoms with Crippen molar-refractivity contribution in [1.29, 1.82) is 5.26 Å². The third kappa shape index (κ3) is 4.26. The molecule has 5 rings (SSSR count). The van der Waals surface area contributed by atoms with Crippen LogP contribution in [0.4, 0.5) is 11.6 Å². The summed E-state index contributed by atoms with van der Waals surface area (Å²) < 4.78 is 8.31. The summed E-state index contributed by atoms with van der Waals surface area (Å²) in [7, 11) is 0. The monoisotopic (exact) mass is 417 g/mol. The van der Waals surface area contributed by atoms with E-state index in [0.717, 1.165) is 55.7 Å². The zero-order valence-electron chi connectivity index (χ0n) is 17.6. The van der Waals surface area contributed by atoms with Gasteiger partial charge in [-0.25, -0.2) is 14.5 Å². The second-order valence-electron chi connectivity index (χ2n) is 8.38. The molecule has 0 aromatic carbocycles. The number of hydrogen-bond acceptors (Lipinski definition) is 7. The van der Waals surface area contributed by atoms with Crippen LogP contribution in [0.25, 0.3) is 5.52 Å². The van der Waals surface area contributed by atoms with Gasteiger partial charge in [-0.1, -0.05) is 0 Å². The minimum absolute atomic E-state index is 0.122. The summed E-state index contributed by atoms with van der Waals surface area (Å²) >= 11 is 0. The van der Waals surface area contributed by atoms with E-state index in [1.165, 1.54) is 19.3 Å². The van der Waals surface area contributed by atoms with Crippen LogP contribution in [0.3, 0.4) is 0 Å². The highest BCUT2D eigenvalue weighted by Crippen LogP contribution is 2.33. The average molecular weight is 418 g/mol. The van der Waals surface area contributed by atoms with Crippen molar-refractivity contribution < 1.29 is 4.74 Å². The second-order valence-corrected chi connectivity index (χ2v) is 8.38. The number of rotatable bonds is 5. The first-order valence-corrected chi connectivity index (χ1v) is 11.2. The number of nitriles is 1. The first-order valence-electron chi connectivity index (χ1n) is 11.2. The van der Waals surface area contributed by atoms with E-state index in [-0.39, 0.29) is 6.10 Å². The number of nitrogens with one attached hydrogen (secondary N) is 1. The quantitative estimate of drug-likeness (QED) is 0.675. The fourth-order valence-electron chi connectivity index (χ4n) is 4.63. The highest BCUT2D eigenvalue weighted by Gasteiger charge is 2.25. The van der Waals surface area contributed by atoms with Crippen LogP contribution in [0, 0.1) is 11.3 Å². The number of fused-ring (bicyclic) bond motifs is 1. The standard InChI is InChI=1S/C23H27N7O/c24-14-17-15-27-30-16-19(29-11-2-1-3-12-29)13-21(22(17)30)31-20-7-5-18(6-8-20)28-23-25-9-4-10-26-23/h4,9-10,13,15-16,18,20H,1-3,5-8,11-12H2,(H,25,26,28). The molecule has 0 bridgehead atoms. The fraction of sp³-hybridized carbons (Fsp3) is 0.478. The highest BCUT2D eigenvalue weighted by molar-refractivity contribution is 5.72. The van der Waals surface area contributed by atoms with E-state index in [9.17, 15) is 5.26 Å². The normalized spacial score (nSPS) is 21.6. The summed E-state index contributed by atoms with van der Waals surface area (Å²) in [6.07, 6.45) is 14.9. The van der Waals surface area contributed by atoms with Crippen LogP contribution in [-0.4, -0.2) is 44.8 Å². The lowest BCUT2D eigenvalue weighted by Crippen LogP contribution is -2.32. The zero-order valence-corrected chi connectivity index (χ0v) is 17.6. The number of anilines is 2. The lowest BCUT2D eigenvalue weighted by atomic mass is 9.93. The largest absolute Gasteiger partial charge is 0.488 e. The van der Waals surface area contributed by atoms with Crippen LogP contribution >= 0.6 is 0 Å². The highest BCUT2D eigenvalue weighted by atomic mass is 16.5. The van der Waals surface area contributed by atoms with Gasteiger partial charge >= 0.3 is 0 Å². The van der Waals surface area contributed by atoms with Crippen molar-refractivity contribution in [2.75, 3.05) is 23.3 Å². The maximum Gasteiger partial charge on any atom is 0.222 e. The Labute approximate surface area is 181 Å². The Kier molecular flexibility index (Phi) is 5.57. The molecular formula is C23H27N7O. The molecule has 0 spiro atoms. The maximum atomic E-state index is 9.56. The van der Waals surface area contributed by atoms with Crippen molar-refractivity contribution in [2.45, 2.75) is 57.1 Å². The SMILES string of the molecule is N#Cc1cnn2cc(N3CCCCC3)cc(OC3CCC(Nc4ncccn4)CC3)c12. The van der Waals surface area contributed by atoms with Gasteiger partial charge in [0.15, 0.2) is 0 Å². The zero-order chi connectivity index (χ0) is 21.0. The second kappa shape index (κ2) is 8.80. The lowest BCUT2D eigenvalue weighted by Gasteiger charge is -2.31. The summed E-state index contributed by atoms with van der Waals surface area (Å²) in [6.45, 7) is 2.10. The van der Waals surface area contributed by atoms with Gasteiger partial charge in [0.05, 0.1) is 24.2 Å². The minimum Gasteiger partial charge on any atom is -0.488 e. The lowest BCUT2D eigenvalue weighted by molar-refractivity contribution is 0.151. The predicted octanol–water partition coefficient (Wildman–Crippen LogP) is 3.79. The Hall–Kier alpha value is -3.34. The number of ether oxygens (including phenoxy) is 1. The van der Waals surface area contributed by atoms with Crippen LogP contribution in [-0.2, 0) is 0 Å². The molecule has 4 heterocycles. The van der Waals surface area contributed by atoms with Crippen molar-refractivity contribution in [3.05, 3.63) is 42.5 Å². The number of aromatic nitrogens is 4. The van der Waals surface area contributed by atoms with Crippen LogP contribution < -0.4 is 15.0 Å². The van der Waals surface area contributed by atoms with Crippen molar-refractivity contribution >= 4 is 17.2 Å². The van der Waals surface area contributed by atoms with Gasteiger partial charge in [0.2, 0.25) is 5.95 Å². The molecule has 1 saturated carbocycles. The van der Waals surface area contributed by atoms with Gasteiger partial charge in [-0.05, 0) is 51.0 Å². The average Bonchev–Trinajstić information content (AvgIpc) is 3.25. The molecule has 8 nitrogen and oxygen atoms in total. The first-order chi connectivity index (χ1) is 15.3. The molecule has 2 aliphatic rings. The van der Waals surface area contributed by atoms with E-state index in [2.05, 4.69) is 37.4 Å². The van der Waals surface area contributed by atoms with Gasteiger partial charge in [0.25, 0.3) is 0 Å². The molecule has 3 aromatic rings. The van der Waals surface area contributed by atoms with E-state index in [4.69, 9.17) is 4.74 Å². The van der Waals surface area contributed by atoms with Gasteiger partial charge in [0, 0.05) is 37.6 Å². The molecule has 3 aromatic heterocycles. The van der Waals surface area contributed by atoms with E-state index in [1.54, 1.807) is 23.1 Å². The number of nitrogens with zero attached hydrogens (tertiary/aromatic N) is 6. The third-order valence-corrected chi connectivity index (χ3v) is 6.27. The molecule has 1 aliphatic heterocycles. The summed E-state index contributed by atoms with van der Waals surface area (Å²) in [5, 5.41) is 17.4. The van der Waals surface area contributed by atoms with Crippen LogP contribution in [0.2, 0.25) is 0 Å². The molecule has 0 unspecified atom stereocenters. The van der Waals surface area contributed by atoms with E-state index >= 15 is 0 Å². The minimum atomic E-state index is 0.122. The van der Waals surface area contributed by atoms with Crippen LogP contribution in [0.15, 0.2) is 36.9 Å². The summed E-state index contributed by atoms with van der Waals surface area (Å²) in [5.41, 5.74) is 2.43. The predicted molar refractivity (Wildman–Crippen MR) is 118 cm³/mol. The van der Waals surface area contributed by atoms with E-state index in [0.29, 0.717) is 17.6 Å². The van der Waals surface area contributed by atoms with Crippen LogP contribution in [0.5, 0.6) is 5.75 Å². The van der Waals surface area contributed by atoms with Gasteiger partial charge in [-0.2, -0.15) is 10.4 Å². The molecule has 31 heavy (non-hydrogen) atoms. The van der Waals surface area contributed by atoms with Crippen LogP contribution in [0.1, 0.15) is 50.5 Å². The van der Waals surface area contributed by atoms with Gasteiger partial charge in [0.1, 0.15) is 22.9 Å². The Morgan fingerprint density at radius 3 is 2.58 bits per heavy atom. The topological polar surface area (TPSA) is 91.4 Å². The molecule has 1 N–H and O–H groups in total. The third-order valence-electron chi connectivity index (χ3n) is 6.27. The molecule has 2 fully saturated rings. The van der Waals surface area contributed by atoms with E-state index in [1.807, 2.05) is 12.3 Å². The maximum absolute atomic E-state index is 9.56. The van der Waals surface area contributed by atoms with Crippen molar-refractivity contribution in [3.8, 4) is 11.8 Å². The Morgan fingerprint density at radius 2 is 1.84 bits per heavy atom. The van der Waals surface area contributed by atoms with E-state index < -0.39 is 0 Å². The molecule has 0 atom stereocenters. The van der Waals surface area contributed by atoms with Gasteiger partial charge in [-0.3, -0.25) is 0 Å². The first kappa shape index (κ1) is 19.6. The summed E-state index contributed by atoms with van der Waals surface area (Å²) in [4.78, 5) is 10.9. The van der Waals surface area contributed by atoms with Crippen molar-refractivity contribution in [3.63, 3.8) is 0 Å². The van der Waals surface area contributed by atoms with Gasteiger partial charge < -0.3 is 15.0 Å². The van der Waals surface area contributed by atoms with Gasteiger partial charge in [-0.15, -0.1) is 0 Å². The fourth-order valence-corrected chi connectivity index (χ4v) is 4.63. The Bertz CT molecular complexity index is 1060. The Balaban J connectivity index is 1.32. The summed E-state index contributed by atoms with van der Waals surface area (Å²) in [6, 6.07) is 6.54. The van der Waals surface area contributed by atoms with Crippen molar-refractivity contribution in [1.82, 2.24) is 19.6 Å². The molecule has 1 aliphatic carbocycles.